The predicted octanol–water partition coefficient (Wildman–Crippen LogP) is 5.97. The summed E-state index contributed by atoms with van der Waals surface area (Å²) >= 11 is 0. The Morgan fingerprint density at radius 3 is 2.46 bits per heavy atom. The molecule has 0 aliphatic carbocycles. The van der Waals surface area contributed by atoms with E-state index in [0.717, 1.165) is 28.4 Å². The van der Waals surface area contributed by atoms with Crippen LogP contribution in [0, 0.1) is 5.82 Å². The number of sulfonamides is 1. The van der Waals surface area contributed by atoms with E-state index in [0.29, 0.717) is 58.8 Å². The zero-order valence-electron chi connectivity index (χ0n) is 28.1. The zero-order chi connectivity index (χ0) is 35.3. The lowest BCUT2D eigenvalue weighted by Gasteiger charge is -2.31. The number of fused-ring (bicyclic) bond motifs is 6. The van der Waals surface area contributed by atoms with Crippen molar-refractivity contribution in [1.29, 1.82) is 0 Å². The monoisotopic (exact) mass is 696 g/mol. The van der Waals surface area contributed by atoms with Crippen LogP contribution in [-0.4, -0.2) is 82.1 Å². The van der Waals surface area contributed by atoms with Crippen molar-refractivity contribution in [3.05, 3.63) is 96.3 Å². The first-order valence-corrected chi connectivity index (χ1v) is 18.0. The van der Waals surface area contributed by atoms with E-state index in [1.165, 1.54) is 42.7 Å². The average molecular weight is 697 g/mol. The highest BCUT2D eigenvalue weighted by Gasteiger charge is 2.28. The SMILES string of the molecule is CNC(=O)c1c(-c2ccc(F)cc2)oc2cc(N(C)S(C)(=O)=O)c(-c3ccc4c(c3)-c3cc5ccccc5n3CC(N(C)CCO)CO4)cc12. The van der Waals surface area contributed by atoms with Gasteiger partial charge in [-0.2, -0.15) is 0 Å². The number of rotatable bonds is 8. The molecular weight excluding hydrogens is 660 g/mol. The highest BCUT2D eigenvalue weighted by Crippen LogP contribution is 2.44. The fraction of sp³-hybridized carbons (Fsp3) is 0.237. The van der Waals surface area contributed by atoms with Crippen LogP contribution in [0.25, 0.3) is 55.6 Å². The van der Waals surface area contributed by atoms with E-state index >= 15 is 0 Å². The van der Waals surface area contributed by atoms with Crippen molar-refractivity contribution < 1.29 is 31.9 Å². The molecule has 0 bridgehead atoms. The predicted molar refractivity (Wildman–Crippen MR) is 194 cm³/mol. The summed E-state index contributed by atoms with van der Waals surface area (Å²) < 4.78 is 56.0. The number of aromatic nitrogens is 1. The van der Waals surface area contributed by atoms with Crippen molar-refractivity contribution in [3.8, 4) is 39.5 Å². The van der Waals surface area contributed by atoms with Crippen LogP contribution in [0.4, 0.5) is 10.1 Å². The molecule has 0 spiro atoms. The Bertz CT molecular complexity index is 2370. The van der Waals surface area contributed by atoms with Crippen molar-refractivity contribution in [1.82, 2.24) is 14.8 Å². The molecule has 7 rings (SSSR count). The van der Waals surface area contributed by atoms with Gasteiger partial charge in [0.25, 0.3) is 5.91 Å². The Kier molecular flexibility index (Phi) is 8.63. The number of carbonyl (C=O) groups excluding carboxylic acids is 1. The topological polar surface area (TPSA) is 117 Å². The Hall–Kier alpha value is -5.17. The molecule has 1 aliphatic rings. The van der Waals surface area contributed by atoms with Gasteiger partial charge >= 0.3 is 0 Å². The molecule has 6 aromatic rings. The van der Waals surface area contributed by atoms with Crippen LogP contribution >= 0.6 is 0 Å². The number of aliphatic hydroxyl groups excluding tert-OH is 1. The minimum Gasteiger partial charge on any atom is -0.491 e. The minimum atomic E-state index is -3.73. The van der Waals surface area contributed by atoms with Crippen LogP contribution in [0.1, 0.15) is 10.4 Å². The Balaban J connectivity index is 1.47. The number of furan rings is 1. The number of hydrogen-bond donors (Lipinski definition) is 2. The molecule has 0 fully saturated rings. The average Bonchev–Trinajstić information content (AvgIpc) is 3.65. The van der Waals surface area contributed by atoms with Crippen LogP contribution in [-0.2, 0) is 16.6 Å². The molecule has 0 radical (unpaired) electrons. The molecule has 1 amide bonds. The van der Waals surface area contributed by atoms with Gasteiger partial charge in [0.15, 0.2) is 0 Å². The number of nitrogens with one attached hydrogen (secondary N) is 1. The summed E-state index contributed by atoms with van der Waals surface area (Å²) in [7, 11) is 1.23. The molecular formula is C38H37FN4O6S. The van der Waals surface area contributed by atoms with Crippen LogP contribution in [0.3, 0.4) is 0 Å². The van der Waals surface area contributed by atoms with Crippen molar-refractivity contribution in [2.24, 2.45) is 0 Å². The molecule has 50 heavy (non-hydrogen) atoms. The van der Waals surface area contributed by atoms with E-state index in [2.05, 4.69) is 33.0 Å². The van der Waals surface area contributed by atoms with Gasteiger partial charge in [0.05, 0.1) is 35.8 Å². The fourth-order valence-electron chi connectivity index (χ4n) is 6.67. The summed E-state index contributed by atoms with van der Waals surface area (Å²) in [5.41, 5.74) is 5.44. The molecule has 2 aromatic heterocycles. The van der Waals surface area contributed by atoms with Gasteiger partial charge in [-0.25, -0.2) is 12.8 Å². The van der Waals surface area contributed by atoms with Gasteiger partial charge in [-0.15, -0.1) is 0 Å². The van der Waals surface area contributed by atoms with Crippen molar-refractivity contribution in [3.63, 3.8) is 0 Å². The zero-order valence-corrected chi connectivity index (χ0v) is 28.9. The highest BCUT2D eigenvalue weighted by molar-refractivity contribution is 7.92. The maximum atomic E-state index is 13.8. The third-order valence-corrected chi connectivity index (χ3v) is 10.7. The van der Waals surface area contributed by atoms with Crippen LogP contribution in [0.2, 0.25) is 0 Å². The molecule has 0 saturated heterocycles. The maximum absolute atomic E-state index is 13.8. The first kappa shape index (κ1) is 33.3. The van der Waals surface area contributed by atoms with E-state index in [1.54, 1.807) is 12.1 Å². The number of nitrogens with zero attached hydrogens (tertiary/aromatic N) is 3. The Morgan fingerprint density at radius 1 is 1.00 bits per heavy atom. The van der Waals surface area contributed by atoms with Gasteiger partial charge in [0.2, 0.25) is 10.0 Å². The lowest BCUT2D eigenvalue weighted by atomic mass is 9.96. The van der Waals surface area contributed by atoms with E-state index < -0.39 is 21.7 Å². The molecule has 0 saturated carbocycles. The van der Waals surface area contributed by atoms with E-state index in [4.69, 9.17) is 9.15 Å². The first-order valence-electron chi connectivity index (χ1n) is 16.2. The molecule has 10 nitrogen and oxygen atoms in total. The number of ether oxygens (including phenoxy) is 1. The third-order valence-electron chi connectivity index (χ3n) is 9.48. The highest BCUT2D eigenvalue weighted by atomic mass is 32.2. The molecule has 1 aliphatic heterocycles. The number of carbonyl (C=O) groups is 1. The third kappa shape index (κ3) is 5.89. The summed E-state index contributed by atoms with van der Waals surface area (Å²) in [5, 5.41) is 13.9. The van der Waals surface area contributed by atoms with E-state index in [-0.39, 0.29) is 24.0 Å². The number of likely N-dealkylation sites (N-methyl/N-ethyl adjacent to an activating group) is 1. The lowest BCUT2D eigenvalue weighted by molar-refractivity contribution is 0.0964. The van der Waals surface area contributed by atoms with Crippen LogP contribution in [0.15, 0.2) is 89.3 Å². The van der Waals surface area contributed by atoms with Gasteiger partial charge in [-0.3, -0.25) is 14.0 Å². The number of hydrogen-bond acceptors (Lipinski definition) is 7. The summed E-state index contributed by atoms with van der Waals surface area (Å²) in [6.07, 6.45) is 1.13. The van der Waals surface area contributed by atoms with Gasteiger partial charge in [0.1, 0.15) is 29.5 Å². The van der Waals surface area contributed by atoms with Gasteiger partial charge in [-0.1, -0.05) is 24.3 Å². The van der Waals surface area contributed by atoms with Crippen molar-refractivity contribution in [2.75, 3.05) is 51.5 Å². The molecule has 1 unspecified atom stereocenters. The molecule has 1 atom stereocenters. The maximum Gasteiger partial charge on any atom is 0.255 e. The van der Waals surface area contributed by atoms with Gasteiger partial charge in [-0.05, 0) is 67.2 Å². The fourth-order valence-corrected chi connectivity index (χ4v) is 7.18. The van der Waals surface area contributed by atoms with Crippen molar-refractivity contribution >= 4 is 43.5 Å². The van der Waals surface area contributed by atoms with Crippen LogP contribution < -0.4 is 14.4 Å². The summed E-state index contributed by atoms with van der Waals surface area (Å²) in [6.45, 7) is 1.54. The number of anilines is 1. The molecule has 4 aromatic carbocycles. The second kappa shape index (κ2) is 12.9. The smallest absolute Gasteiger partial charge is 0.255 e. The van der Waals surface area contributed by atoms with Crippen molar-refractivity contribution in [2.45, 2.75) is 12.6 Å². The minimum absolute atomic E-state index is 0.0125. The normalized spacial score (nSPS) is 14.6. The van der Waals surface area contributed by atoms with Gasteiger partial charge < -0.3 is 24.1 Å². The largest absolute Gasteiger partial charge is 0.491 e. The lowest BCUT2D eigenvalue weighted by Crippen LogP contribution is -2.42. The van der Waals surface area contributed by atoms with Crippen LogP contribution in [0.5, 0.6) is 5.75 Å². The molecule has 3 heterocycles. The second-order valence-electron chi connectivity index (χ2n) is 12.6. The number of para-hydroxylation sites is 1. The number of amides is 1. The number of benzene rings is 4. The Morgan fingerprint density at radius 2 is 1.74 bits per heavy atom. The Labute approximate surface area is 289 Å². The first-order chi connectivity index (χ1) is 24.0. The van der Waals surface area contributed by atoms with E-state index in [9.17, 15) is 22.7 Å². The quantitative estimate of drug-likeness (QED) is 0.202. The standard InChI is InChI=1S/C38H37FN4O6S/c1-40-38(45)36-30-19-28(32(42(3)50(4,46)47)20-35(30)49-37(36)23-9-12-26(39)13-10-23)24-11-14-34-29(17-24)33-18-25-7-5-6-8-31(25)43(33)21-27(22-48-34)41(2)15-16-44/h5-14,17-20,27,44H,15-16,21-22H2,1-4H3,(H,40,45). The molecule has 2 N–H and O–H groups in total. The van der Waals surface area contributed by atoms with Gasteiger partial charge in [0, 0.05) is 66.2 Å². The summed E-state index contributed by atoms with van der Waals surface area (Å²) in [6, 6.07) is 25.0. The summed E-state index contributed by atoms with van der Waals surface area (Å²) in [4.78, 5) is 15.5. The number of halogens is 1. The number of aliphatic hydroxyl groups is 1. The van der Waals surface area contributed by atoms with E-state index in [1.807, 2.05) is 37.4 Å². The second-order valence-corrected chi connectivity index (χ2v) is 14.6. The molecule has 12 heteroatoms. The molecule has 258 valence electrons. The summed E-state index contributed by atoms with van der Waals surface area (Å²) in [5.74, 6) is 0.0589.